The van der Waals surface area contributed by atoms with Crippen LogP contribution in [0.15, 0.2) is 0 Å². The molecule has 2 rings (SSSR count). The van der Waals surface area contributed by atoms with Gasteiger partial charge in [0.2, 0.25) is 0 Å². The lowest BCUT2D eigenvalue weighted by atomic mass is 9.86. The zero-order valence-electron chi connectivity index (χ0n) is 7.46. The summed E-state index contributed by atoms with van der Waals surface area (Å²) in [6, 6.07) is 0. The minimum absolute atomic E-state index is 0.992. The largest absolute Gasteiger partial charge is 0.0620 e. The van der Waals surface area contributed by atoms with E-state index in [0.717, 1.165) is 35.5 Å². The molecule has 0 aromatic heterocycles. The summed E-state index contributed by atoms with van der Waals surface area (Å²) in [7, 11) is 0. The van der Waals surface area contributed by atoms with Gasteiger partial charge < -0.3 is 0 Å². The Balaban J connectivity index is 2.14. The van der Waals surface area contributed by atoms with Crippen molar-refractivity contribution in [3.63, 3.8) is 0 Å². The van der Waals surface area contributed by atoms with Crippen LogP contribution in [-0.2, 0) is 0 Å². The second kappa shape index (κ2) is 1.78. The van der Waals surface area contributed by atoms with E-state index in [4.69, 9.17) is 0 Å². The maximum atomic E-state index is 2.44. The van der Waals surface area contributed by atoms with E-state index in [2.05, 4.69) is 27.7 Å². The molecule has 0 saturated heterocycles. The quantitative estimate of drug-likeness (QED) is 0.483. The topological polar surface area (TPSA) is 0 Å². The van der Waals surface area contributed by atoms with E-state index < -0.39 is 0 Å². The van der Waals surface area contributed by atoms with Crippen molar-refractivity contribution < 1.29 is 0 Å². The van der Waals surface area contributed by atoms with Crippen molar-refractivity contribution >= 4 is 0 Å². The summed E-state index contributed by atoms with van der Waals surface area (Å²) in [4.78, 5) is 0. The Morgan fingerprint density at radius 1 is 0.500 bits per heavy atom. The van der Waals surface area contributed by atoms with E-state index in [-0.39, 0.29) is 0 Å². The Labute approximate surface area is 64.0 Å². The van der Waals surface area contributed by atoms with Gasteiger partial charge in [0.15, 0.2) is 0 Å². The van der Waals surface area contributed by atoms with E-state index in [1.165, 1.54) is 0 Å². The highest BCUT2D eigenvalue weighted by Crippen LogP contribution is 2.64. The van der Waals surface area contributed by atoms with Crippen LogP contribution in [0.3, 0.4) is 0 Å². The molecule has 2 aliphatic carbocycles. The van der Waals surface area contributed by atoms with Crippen molar-refractivity contribution in [3.8, 4) is 0 Å². The summed E-state index contributed by atoms with van der Waals surface area (Å²) in [5, 5.41) is 0. The number of hydrogen-bond donors (Lipinski definition) is 0. The smallest absolute Gasteiger partial charge is 0.0323 e. The summed E-state index contributed by atoms with van der Waals surface area (Å²) in [5.41, 5.74) is 0. The zero-order valence-corrected chi connectivity index (χ0v) is 7.46. The fraction of sp³-hybridized carbons (Fsp3) is 1.00. The maximum Gasteiger partial charge on any atom is -0.0323 e. The predicted octanol–water partition coefficient (Wildman–Crippen LogP) is 2.79. The van der Waals surface area contributed by atoms with Gasteiger partial charge in [-0.1, -0.05) is 27.7 Å². The van der Waals surface area contributed by atoms with Gasteiger partial charge in [0.05, 0.1) is 0 Å². The fourth-order valence-electron chi connectivity index (χ4n) is 3.36. The first-order valence-corrected chi connectivity index (χ1v) is 4.64. The van der Waals surface area contributed by atoms with Crippen LogP contribution >= 0.6 is 0 Å². The van der Waals surface area contributed by atoms with Gasteiger partial charge in [0.1, 0.15) is 0 Å². The van der Waals surface area contributed by atoms with Crippen molar-refractivity contribution in [3.05, 3.63) is 0 Å². The van der Waals surface area contributed by atoms with Crippen molar-refractivity contribution in [2.24, 2.45) is 35.5 Å². The van der Waals surface area contributed by atoms with Gasteiger partial charge >= 0.3 is 0 Å². The molecule has 2 saturated carbocycles. The molecule has 0 nitrogen and oxygen atoms in total. The van der Waals surface area contributed by atoms with Gasteiger partial charge in [0.25, 0.3) is 0 Å². The molecule has 2 aliphatic rings. The molecule has 0 heteroatoms. The summed E-state index contributed by atoms with van der Waals surface area (Å²) in [6.07, 6.45) is 0. The molecule has 4 atom stereocenters. The Morgan fingerprint density at radius 2 is 0.900 bits per heavy atom. The van der Waals surface area contributed by atoms with Crippen LogP contribution in [-0.4, -0.2) is 0 Å². The lowest BCUT2D eigenvalue weighted by molar-refractivity contribution is 0.291. The lowest BCUT2D eigenvalue weighted by Gasteiger charge is -2.19. The van der Waals surface area contributed by atoms with Crippen LogP contribution in [0, 0.1) is 35.5 Å². The van der Waals surface area contributed by atoms with Crippen LogP contribution in [0.25, 0.3) is 0 Å². The highest BCUT2D eigenvalue weighted by Gasteiger charge is 2.59. The molecule has 0 amide bonds. The first-order valence-electron chi connectivity index (χ1n) is 4.64. The highest BCUT2D eigenvalue weighted by atomic mass is 14.6. The average molecular weight is 138 g/mol. The first-order chi connectivity index (χ1) is 4.64. The van der Waals surface area contributed by atoms with Gasteiger partial charge in [-0.25, -0.2) is 0 Å². The van der Waals surface area contributed by atoms with Crippen LogP contribution in [0.1, 0.15) is 27.7 Å². The zero-order chi connectivity index (χ0) is 7.46. The Morgan fingerprint density at radius 3 is 1.20 bits per heavy atom. The van der Waals surface area contributed by atoms with E-state index in [1.54, 1.807) is 0 Å². The standard InChI is InChI=1S/C10H18/c1-5-6(2)9-8(4)10(9)7(5)3/h5-10H,1-4H3. The minimum atomic E-state index is 0.992. The van der Waals surface area contributed by atoms with Crippen molar-refractivity contribution in [1.82, 2.24) is 0 Å². The SMILES string of the molecule is CC1C(C)C2C(C)C2C1C. The molecule has 0 aromatic rings. The predicted molar refractivity (Wildman–Crippen MR) is 43.6 cm³/mol. The maximum absolute atomic E-state index is 2.44. The van der Waals surface area contributed by atoms with E-state index in [9.17, 15) is 0 Å². The van der Waals surface area contributed by atoms with Crippen molar-refractivity contribution in [2.45, 2.75) is 27.7 Å². The fourth-order valence-corrected chi connectivity index (χ4v) is 3.36. The molecule has 0 bridgehead atoms. The van der Waals surface area contributed by atoms with Gasteiger partial charge in [0, 0.05) is 0 Å². The lowest BCUT2D eigenvalue weighted by Crippen LogP contribution is -2.13. The highest BCUT2D eigenvalue weighted by molar-refractivity contribution is 5.07. The average Bonchev–Trinajstić information content (AvgIpc) is 2.50. The molecule has 0 N–H and O–H groups in total. The number of hydrogen-bond acceptors (Lipinski definition) is 0. The van der Waals surface area contributed by atoms with E-state index in [1.807, 2.05) is 0 Å². The second-order valence-electron chi connectivity index (χ2n) is 4.59. The molecule has 0 radical (unpaired) electrons. The molecular weight excluding hydrogens is 120 g/mol. The summed E-state index contributed by atoms with van der Waals surface area (Å²) in [5.74, 6) is 6.27. The van der Waals surface area contributed by atoms with Gasteiger partial charge in [-0.2, -0.15) is 0 Å². The summed E-state index contributed by atoms with van der Waals surface area (Å²) < 4.78 is 0. The second-order valence-corrected chi connectivity index (χ2v) is 4.59. The molecular formula is C10H18. The number of rotatable bonds is 0. The minimum Gasteiger partial charge on any atom is -0.0620 e. The van der Waals surface area contributed by atoms with E-state index in [0.29, 0.717) is 0 Å². The Hall–Kier alpha value is 0. The molecule has 0 heterocycles. The van der Waals surface area contributed by atoms with Gasteiger partial charge in [-0.05, 0) is 35.5 Å². The summed E-state index contributed by atoms with van der Waals surface area (Å²) >= 11 is 0. The van der Waals surface area contributed by atoms with Gasteiger partial charge in [-0.15, -0.1) is 0 Å². The molecule has 2 fully saturated rings. The third kappa shape index (κ3) is 0.580. The Kier molecular flexibility index (Phi) is 1.19. The van der Waals surface area contributed by atoms with E-state index >= 15 is 0 Å². The van der Waals surface area contributed by atoms with Crippen LogP contribution in [0.4, 0.5) is 0 Å². The molecule has 0 spiro atoms. The third-order valence-electron chi connectivity index (χ3n) is 4.39. The van der Waals surface area contributed by atoms with Crippen LogP contribution < -0.4 is 0 Å². The molecule has 4 unspecified atom stereocenters. The van der Waals surface area contributed by atoms with Crippen molar-refractivity contribution in [1.29, 1.82) is 0 Å². The molecule has 0 aromatic carbocycles. The monoisotopic (exact) mass is 138 g/mol. The van der Waals surface area contributed by atoms with Crippen LogP contribution in [0.2, 0.25) is 0 Å². The third-order valence-corrected chi connectivity index (χ3v) is 4.39. The van der Waals surface area contributed by atoms with Crippen molar-refractivity contribution in [2.75, 3.05) is 0 Å². The van der Waals surface area contributed by atoms with Crippen LogP contribution in [0.5, 0.6) is 0 Å². The molecule has 0 aliphatic heterocycles. The Bertz CT molecular complexity index is 130. The number of fused-ring (bicyclic) bond motifs is 1. The molecule has 10 heavy (non-hydrogen) atoms. The molecule has 58 valence electrons. The summed E-state index contributed by atoms with van der Waals surface area (Å²) in [6.45, 7) is 9.73. The first kappa shape index (κ1) is 6.69. The normalized spacial score (nSPS) is 66.0. The van der Waals surface area contributed by atoms with Gasteiger partial charge in [-0.3, -0.25) is 0 Å².